The Morgan fingerprint density at radius 3 is 2.61 bits per heavy atom. The number of benzene rings is 2. The molecule has 6 nitrogen and oxygen atoms in total. The summed E-state index contributed by atoms with van der Waals surface area (Å²) in [5.41, 5.74) is 0.996. The lowest BCUT2D eigenvalue weighted by molar-refractivity contribution is -0.132. The van der Waals surface area contributed by atoms with Crippen LogP contribution in [0.3, 0.4) is 0 Å². The van der Waals surface area contributed by atoms with E-state index in [1.54, 1.807) is 13.3 Å². The smallest absolute Gasteiger partial charge is 0.241 e. The van der Waals surface area contributed by atoms with Gasteiger partial charge in [0.05, 0.1) is 19.7 Å². The van der Waals surface area contributed by atoms with E-state index in [-0.39, 0.29) is 12.0 Å². The van der Waals surface area contributed by atoms with Gasteiger partial charge in [-0.15, -0.1) is 5.10 Å². The SMILES string of the molecule is COc1ccc(CC(=O)N2CCC(Oc3nncc4ccccc34)CC2)cc1. The van der Waals surface area contributed by atoms with Gasteiger partial charge in [0.2, 0.25) is 11.8 Å². The largest absolute Gasteiger partial charge is 0.497 e. The highest BCUT2D eigenvalue weighted by molar-refractivity contribution is 5.85. The Morgan fingerprint density at radius 1 is 1.11 bits per heavy atom. The summed E-state index contributed by atoms with van der Waals surface area (Å²) < 4.78 is 11.3. The van der Waals surface area contributed by atoms with Crippen LogP contribution in [0.15, 0.2) is 54.7 Å². The maximum atomic E-state index is 12.6. The van der Waals surface area contributed by atoms with Gasteiger partial charge in [0.1, 0.15) is 11.9 Å². The van der Waals surface area contributed by atoms with Crippen molar-refractivity contribution in [1.82, 2.24) is 15.1 Å². The first kappa shape index (κ1) is 18.2. The number of likely N-dealkylation sites (tertiary alicyclic amines) is 1. The lowest BCUT2D eigenvalue weighted by atomic mass is 10.1. The lowest BCUT2D eigenvalue weighted by Crippen LogP contribution is -2.42. The number of ether oxygens (including phenoxy) is 2. The summed E-state index contributed by atoms with van der Waals surface area (Å²) in [6.07, 6.45) is 3.77. The molecule has 144 valence electrons. The van der Waals surface area contributed by atoms with Gasteiger partial charge in [-0.1, -0.05) is 30.3 Å². The molecule has 1 aliphatic rings. The summed E-state index contributed by atoms with van der Waals surface area (Å²) in [4.78, 5) is 14.5. The molecule has 28 heavy (non-hydrogen) atoms. The molecule has 0 spiro atoms. The predicted octanol–water partition coefficient (Wildman–Crippen LogP) is 3.25. The summed E-state index contributed by atoms with van der Waals surface area (Å²) in [5.74, 6) is 1.51. The van der Waals surface area contributed by atoms with Gasteiger partial charge in [0, 0.05) is 36.7 Å². The number of carbonyl (C=O) groups excluding carboxylic acids is 1. The van der Waals surface area contributed by atoms with Gasteiger partial charge in [-0.25, -0.2) is 0 Å². The van der Waals surface area contributed by atoms with Crippen molar-refractivity contribution in [1.29, 1.82) is 0 Å². The quantitative estimate of drug-likeness (QED) is 0.683. The lowest BCUT2D eigenvalue weighted by Gasteiger charge is -2.32. The van der Waals surface area contributed by atoms with Crippen LogP contribution in [0.5, 0.6) is 11.6 Å². The molecule has 1 fully saturated rings. The zero-order valence-corrected chi connectivity index (χ0v) is 15.9. The fourth-order valence-electron chi connectivity index (χ4n) is 3.50. The fourth-order valence-corrected chi connectivity index (χ4v) is 3.50. The van der Waals surface area contributed by atoms with Crippen molar-refractivity contribution in [2.45, 2.75) is 25.4 Å². The van der Waals surface area contributed by atoms with E-state index < -0.39 is 0 Å². The number of piperidine rings is 1. The highest BCUT2D eigenvalue weighted by Gasteiger charge is 2.24. The summed E-state index contributed by atoms with van der Waals surface area (Å²) in [7, 11) is 1.64. The van der Waals surface area contributed by atoms with Gasteiger partial charge in [-0.3, -0.25) is 4.79 Å². The van der Waals surface area contributed by atoms with E-state index in [2.05, 4.69) is 10.2 Å². The third-order valence-corrected chi connectivity index (χ3v) is 5.12. The molecule has 1 saturated heterocycles. The molecule has 1 aliphatic heterocycles. The van der Waals surface area contributed by atoms with Gasteiger partial charge in [-0.05, 0) is 23.8 Å². The molecule has 2 aromatic carbocycles. The monoisotopic (exact) mass is 377 g/mol. The van der Waals surface area contributed by atoms with Crippen molar-refractivity contribution in [3.63, 3.8) is 0 Å². The van der Waals surface area contributed by atoms with Crippen molar-refractivity contribution in [2.75, 3.05) is 20.2 Å². The van der Waals surface area contributed by atoms with Gasteiger partial charge < -0.3 is 14.4 Å². The molecule has 3 aromatic rings. The number of aromatic nitrogens is 2. The third-order valence-electron chi connectivity index (χ3n) is 5.12. The second kappa shape index (κ2) is 8.25. The Hall–Kier alpha value is -3.15. The van der Waals surface area contributed by atoms with Gasteiger partial charge in [-0.2, -0.15) is 5.10 Å². The number of methoxy groups -OCH3 is 1. The Balaban J connectivity index is 1.33. The van der Waals surface area contributed by atoms with Crippen LogP contribution in [0.25, 0.3) is 10.8 Å². The van der Waals surface area contributed by atoms with Crippen LogP contribution in [0.1, 0.15) is 18.4 Å². The first-order valence-corrected chi connectivity index (χ1v) is 9.51. The summed E-state index contributed by atoms with van der Waals surface area (Å²) in [6, 6.07) is 15.6. The molecule has 0 aliphatic carbocycles. The summed E-state index contributed by atoms with van der Waals surface area (Å²) >= 11 is 0. The molecule has 0 bridgehead atoms. The second-order valence-electron chi connectivity index (χ2n) is 6.96. The van der Waals surface area contributed by atoms with Crippen LogP contribution in [-0.4, -0.2) is 47.3 Å². The molecule has 4 rings (SSSR count). The van der Waals surface area contributed by atoms with Crippen LogP contribution in [0, 0.1) is 0 Å². The Morgan fingerprint density at radius 2 is 1.86 bits per heavy atom. The Bertz CT molecular complexity index is 945. The van der Waals surface area contributed by atoms with Crippen molar-refractivity contribution in [3.05, 3.63) is 60.3 Å². The molecule has 6 heteroatoms. The molecule has 0 unspecified atom stereocenters. The number of nitrogens with zero attached hydrogens (tertiary/aromatic N) is 3. The molecular formula is C22H23N3O3. The minimum Gasteiger partial charge on any atom is -0.497 e. The van der Waals surface area contributed by atoms with E-state index in [9.17, 15) is 4.79 Å². The normalized spacial score (nSPS) is 14.8. The van der Waals surface area contributed by atoms with E-state index in [4.69, 9.17) is 9.47 Å². The molecule has 0 N–H and O–H groups in total. The average Bonchev–Trinajstić information content (AvgIpc) is 2.75. The van der Waals surface area contributed by atoms with Gasteiger partial charge >= 0.3 is 0 Å². The Labute approximate surface area is 164 Å². The van der Waals surface area contributed by atoms with Crippen molar-refractivity contribution in [3.8, 4) is 11.6 Å². The predicted molar refractivity (Wildman–Crippen MR) is 106 cm³/mol. The molecule has 1 aromatic heterocycles. The van der Waals surface area contributed by atoms with E-state index in [0.29, 0.717) is 25.4 Å². The molecule has 1 amide bonds. The molecule has 2 heterocycles. The maximum absolute atomic E-state index is 12.6. The number of carbonyl (C=O) groups is 1. The number of hydrogen-bond donors (Lipinski definition) is 0. The topological polar surface area (TPSA) is 64.5 Å². The summed E-state index contributed by atoms with van der Waals surface area (Å²) in [5, 5.41) is 10.2. The van der Waals surface area contributed by atoms with Crippen LogP contribution in [-0.2, 0) is 11.2 Å². The van der Waals surface area contributed by atoms with Crippen molar-refractivity contribution < 1.29 is 14.3 Å². The van der Waals surface area contributed by atoms with Crippen LogP contribution in [0.2, 0.25) is 0 Å². The number of rotatable bonds is 5. The highest BCUT2D eigenvalue weighted by atomic mass is 16.5. The molecule has 0 atom stereocenters. The van der Waals surface area contributed by atoms with E-state index >= 15 is 0 Å². The first-order chi connectivity index (χ1) is 13.7. The Kier molecular flexibility index (Phi) is 5.37. The number of amides is 1. The minimum absolute atomic E-state index is 0.0464. The number of hydrogen-bond acceptors (Lipinski definition) is 5. The average molecular weight is 377 g/mol. The van der Waals surface area contributed by atoms with Crippen LogP contribution in [0.4, 0.5) is 0 Å². The fraction of sp³-hybridized carbons (Fsp3) is 0.318. The standard InChI is InChI=1S/C22H23N3O3/c1-27-18-8-6-16(7-9-18)14-21(26)25-12-10-19(11-13-25)28-22-20-5-3-2-4-17(20)15-23-24-22/h2-9,15,19H,10-14H2,1H3. The third kappa shape index (κ3) is 4.06. The van der Waals surface area contributed by atoms with Crippen LogP contribution < -0.4 is 9.47 Å². The molecule has 0 saturated carbocycles. The maximum Gasteiger partial charge on any atom is 0.241 e. The molecular weight excluding hydrogens is 354 g/mol. The van der Waals surface area contributed by atoms with Crippen LogP contribution >= 0.6 is 0 Å². The van der Waals surface area contributed by atoms with E-state index in [1.807, 2.05) is 53.4 Å². The molecule has 0 radical (unpaired) electrons. The van der Waals surface area contributed by atoms with E-state index in [0.717, 1.165) is 34.9 Å². The highest BCUT2D eigenvalue weighted by Crippen LogP contribution is 2.25. The van der Waals surface area contributed by atoms with Crippen molar-refractivity contribution in [2.24, 2.45) is 0 Å². The summed E-state index contributed by atoms with van der Waals surface area (Å²) in [6.45, 7) is 1.38. The number of fused-ring (bicyclic) bond motifs is 1. The van der Waals surface area contributed by atoms with Crippen molar-refractivity contribution >= 4 is 16.7 Å². The minimum atomic E-state index is 0.0464. The zero-order valence-electron chi connectivity index (χ0n) is 15.9. The van der Waals surface area contributed by atoms with E-state index in [1.165, 1.54) is 0 Å². The first-order valence-electron chi connectivity index (χ1n) is 9.51. The second-order valence-corrected chi connectivity index (χ2v) is 6.96. The van der Waals surface area contributed by atoms with Gasteiger partial charge in [0.25, 0.3) is 0 Å². The zero-order chi connectivity index (χ0) is 19.3. The van der Waals surface area contributed by atoms with Gasteiger partial charge in [0.15, 0.2) is 0 Å².